The summed E-state index contributed by atoms with van der Waals surface area (Å²) in [6.45, 7) is 4.93. The average Bonchev–Trinajstić information content (AvgIpc) is 3.13. The summed E-state index contributed by atoms with van der Waals surface area (Å²) in [4.78, 5) is 0. The number of allylic oxidation sites excluding steroid dienone is 1. The molecular weight excluding hydrogens is 713 g/mol. The lowest BCUT2D eigenvalue weighted by molar-refractivity contribution is -0.303. The molecule has 6 N–H and O–H groups in total. The van der Waals surface area contributed by atoms with Gasteiger partial charge in [0.05, 0.1) is 25.4 Å². The zero-order valence-electron chi connectivity index (χ0n) is 33.1. The van der Waals surface area contributed by atoms with Crippen LogP contribution in [0, 0.1) is 0 Å². The molecule has 0 aromatic rings. The van der Waals surface area contributed by atoms with Crippen molar-refractivity contribution in [1.29, 1.82) is 0 Å². The lowest BCUT2D eigenvalue weighted by Crippen LogP contribution is -2.60. The molecular formula is C41H76F5NO7. The number of unbranched alkanes of at least 4 members (excludes halogenated alkanes) is 19. The monoisotopic (exact) mass is 790 g/mol. The highest BCUT2D eigenvalue weighted by Gasteiger charge is 2.45. The maximum Gasteiger partial charge on any atom is 0.403 e. The van der Waals surface area contributed by atoms with Gasteiger partial charge in [0.2, 0.25) is 6.43 Å². The SMILES string of the molecule is C=C(CCCCCCCCCCC(N[C@@H](COC1OC(CO)C(O)C(O)C1O)[C@H](O)CCCCCCCCCCCCCCC)C(F)(F)F)CCC(F)F. The average molecular weight is 790 g/mol. The van der Waals surface area contributed by atoms with E-state index in [-0.39, 0.29) is 19.3 Å². The lowest BCUT2D eigenvalue weighted by atomic mass is 9.98. The summed E-state index contributed by atoms with van der Waals surface area (Å²) >= 11 is 0. The predicted octanol–water partition coefficient (Wildman–Crippen LogP) is 9.04. The minimum atomic E-state index is -4.59. The maximum absolute atomic E-state index is 14.3. The second-order valence-corrected chi connectivity index (χ2v) is 15.5. The molecule has 8 nitrogen and oxygen atoms in total. The van der Waals surface area contributed by atoms with Crippen LogP contribution in [0.5, 0.6) is 0 Å². The summed E-state index contributed by atoms with van der Waals surface area (Å²) in [6, 6.07) is -3.06. The van der Waals surface area contributed by atoms with E-state index < -0.39 is 74.7 Å². The van der Waals surface area contributed by atoms with Gasteiger partial charge in [-0.1, -0.05) is 147 Å². The maximum atomic E-state index is 14.3. The van der Waals surface area contributed by atoms with Crippen molar-refractivity contribution in [2.24, 2.45) is 0 Å². The molecule has 0 spiro atoms. The summed E-state index contributed by atoms with van der Waals surface area (Å²) in [6.07, 6.45) is 6.38. The number of alkyl halides is 5. The highest BCUT2D eigenvalue weighted by Crippen LogP contribution is 2.27. The number of halogens is 5. The summed E-state index contributed by atoms with van der Waals surface area (Å²) in [5, 5.41) is 53.8. The number of hydrogen-bond donors (Lipinski definition) is 6. The fourth-order valence-corrected chi connectivity index (χ4v) is 7.07. The van der Waals surface area contributed by atoms with Crippen LogP contribution in [-0.2, 0) is 9.47 Å². The van der Waals surface area contributed by atoms with Gasteiger partial charge in [0.1, 0.15) is 30.5 Å². The number of rotatable bonds is 35. The molecule has 13 heteroatoms. The Morgan fingerprint density at radius 1 is 0.685 bits per heavy atom. The van der Waals surface area contributed by atoms with Crippen molar-refractivity contribution in [2.75, 3.05) is 13.2 Å². The van der Waals surface area contributed by atoms with Gasteiger partial charge in [-0.25, -0.2) is 8.78 Å². The molecule has 1 rings (SSSR count). The Balaban J connectivity index is 2.58. The van der Waals surface area contributed by atoms with Crippen LogP contribution in [-0.4, -0.2) is 100 Å². The molecule has 0 radical (unpaired) electrons. The van der Waals surface area contributed by atoms with Gasteiger partial charge in [0, 0.05) is 6.42 Å². The third-order valence-electron chi connectivity index (χ3n) is 10.7. The van der Waals surface area contributed by atoms with E-state index in [2.05, 4.69) is 18.8 Å². The van der Waals surface area contributed by atoms with E-state index in [1.165, 1.54) is 51.4 Å². The van der Waals surface area contributed by atoms with Crippen LogP contribution in [0.4, 0.5) is 22.0 Å². The summed E-state index contributed by atoms with van der Waals surface area (Å²) < 4.78 is 78.5. The fourth-order valence-electron chi connectivity index (χ4n) is 7.07. The van der Waals surface area contributed by atoms with Crippen molar-refractivity contribution in [2.45, 2.75) is 235 Å². The smallest absolute Gasteiger partial charge is 0.394 e. The summed E-state index contributed by atoms with van der Waals surface area (Å²) in [7, 11) is 0. The first kappa shape index (κ1) is 51.1. The number of hydrogen-bond acceptors (Lipinski definition) is 8. The first-order valence-corrected chi connectivity index (χ1v) is 21.2. The van der Waals surface area contributed by atoms with Crippen molar-refractivity contribution < 1.29 is 57.0 Å². The highest BCUT2D eigenvalue weighted by atomic mass is 19.4. The number of nitrogens with one attached hydrogen (secondary N) is 1. The second kappa shape index (κ2) is 31.1. The Morgan fingerprint density at radius 3 is 1.65 bits per heavy atom. The minimum Gasteiger partial charge on any atom is -0.394 e. The molecule has 1 fully saturated rings. The van der Waals surface area contributed by atoms with E-state index in [9.17, 15) is 47.5 Å². The first-order valence-electron chi connectivity index (χ1n) is 21.2. The Kier molecular flexibility index (Phi) is 29.4. The minimum absolute atomic E-state index is 0.153. The Hall–Kier alpha value is -0.930. The quantitative estimate of drug-likeness (QED) is 0.0213. The van der Waals surface area contributed by atoms with Gasteiger partial charge >= 0.3 is 6.18 Å². The van der Waals surface area contributed by atoms with Crippen molar-refractivity contribution in [3.8, 4) is 0 Å². The van der Waals surface area contributed by atoms with Crippen molar-refractivity contribution in [3.63, 3.8) is 0 Å². The fraction of sp³-hybridized carbons (Fsp3) is 0.951. The third-order valence-corrected chi connectivity index (χ3v) is 10.7. The van der Waals surface area contributed by atoms with E-state index in [0.29, 0.717) is 25.7 Å². The molecule has 8 atom stereocenters. The molecule has 1 heterocycles. The zero-order chi connectivity index (χ0) is 40.2. The standard InChI is InChI=1S/C41H76F5NO7/c1-3-4-5-6-7-8-9-10-11-12-16-19-22-25-33(49)32(30-53-40-39(52)38(51)37(50)34(29-48)54-40)47-35(41(44,45)46)26-23-20-17-14-13-15-18-21-24-31(2)27-28-36(42)43/h32-40,47-52H,2-30H2,1H3/t32-,33+,34?,35?,37?,38?,39?,40?/m0/s1. The van der Waals surface area contributed by atoms with Crippen LogP contribution in [0.3, 0.4) is 0 Å². The van der Waals surface area contributed by atoms with E-state index in [1.807, 2.05) is 0 Å². The second-order valence-electron chi connectivity index (χ2n) is 15.5. The van der Waals surface area contributed by atoms with Gasteiger partial charge < -0.3 is 35.0 Å². The molecule has 322 valence electrons. The van der Waals surface area contributed by atoms with Crippen LogP contribution in [0.2, 0.25) is 0 Å². The molecule has 0 bridgehead atoms. The largest absolute Gasteiger partial charge is 0.403 e. The van der Waals surface area contributed by atoms with Crippen LogP contribution in [0.15, 0.2) is 12.2 Å². The molecule has 6 unspecified atom stereocenters. The van der Waals surface area contributed by atoms with Gasteiger partial charge in [-0.15, -0.1) is 0 Å². The molecule has 1 aliphatic heterocycles. The van der Waals surface area contributed by atoms with Gasteiger partial charge in [0.15, 0.2) is 6.29 Å². The molecule has 0 aromatic heterocycles. The van der Waals surface area contributed by atoms with Gasteiger partial charge in [-0.3, -0.25) is 5.32 Å². The van der Waals surface area contributed by atoms with Gasteiger partial charge in [-0.2, -0.15) is 13.2 Å². The van der Waals surface area contributed by atoms with Crippen molar-refractivity contribution in [1.82, 2.24) is 5.32 Å². The van der Waals surface area contributed by atoms with Crippen LogP contribution < -0.4 is 5.32 Å². The van der Waals surface area contributed by atoms with Crippen molar-refractivity contribution >= 4 is 0 Å². The highest BCUT2D eigenvalue weighted by molar-refractivity contribution is 4.93. The third kappa shape index (κ3) is 24.0. The number of aliphatic hydroxyl groups excluding tert-OH is 5. The van der Waals surface area contributed by atoms with E-state index in [1.54, 1.807) is 0 Å². The molecule has 0 aromatic carbocycles. The molecule has 0 aliphatic carbocycles. The summed E-state index contributed by atoms with van der Waals surface area (Å²) in [5.74, 6) is 0. The Bertz CT molecular complexity index is 900. The summed E-state index contributed by atoms with van der Waals surface area (Å²) in [5.41, 5.74) is 0.845. The number of ether oxygens (including phenoxy) is 2. The number of aliphatic hydroxyl groups is 5. The predicted molar refractivity (Wildman–Crippen MR) is 203 cm³/mol. The molecule has 1 saturated heterocycles. The normalized spacial score (nSPS) is 22.5. The first-order chi connectivity index (χ1) is 25.8. The van der Waals surface area contributed by atoms with Crippen molar-refractivity contribution in [3.05, 3.63) is 12.2 Å². The van der Waals surface area contributed by atoms with E-state index in [0.717, 1.165) is 76.2 Å². The Morgan fingerprint density at radius 2 is 1.17 bits per heavy atom. The van der Waals surface area contributed by atoms with E-state index >= 15 is 0 Å². The molecule has 0 amide bonds. The van der Waals surface area contributed by atoms with Crippen LogP contribution in [0.25, 0.3) is 0 Å². The topological polar surface area (TPSA) is 132 Å². The lowest BCUT2D eigenvalue weighted by Gasteiger charge is -2.40. The molecule has 1 aliphatic rings. The van der Waals surface area contributed by atoms with Gasteiger partial charge in [-0.05, 0) is 32.1 Å². The molecule has 54 heavy (non-hydrogen) atoms. The van der Waals surface area contributed by atoms with Crippen LogP contribution in [0.1, 0.15) is 174 Å². The van der Waals surface area contributed by atoms with Crippen LogP contribution >= 0.6 is 0 Å². The van der Waals surface area contributed by atoms with Gasteiger partial charge in [0.25, 0.3) is 0 Å². The molecule has 0 saturated carbocycles. The van der Waals surface area contributed by atoms with E-state index in [4.69, 9.17) is 9.47 Å². The zero-order valence-corrected chi connectivity index (χ0v) is 33.1. The Labute approximate surface area is 322 Å².